The first kappa shape index (κ1) is 20.7. The Kier molecular flexibility index (Phi) is 6.03. The average Bonchev–Trinajstić information content (AvgIpc) is 3.19. The lowest BCUT2D eigenvalue weighted by Crippen LogP contribution is -2.08. The van der Waals surface area contributed by atoms with Crippen LogP contribution in [0.3, 0.4) is 0 Å². The summed E-state index contributed by atoms with van der Waals surface area (Å²) in [7, 11) is 0. The topological polar surface area (TPSA) is 97.2 Å². The van der Waals surface area contributed by atoms with E-state index in [0.29, 0.717) is 52.8 Å². The molecule has 3 aromatic heterocycles. The number of fused-ring (bicyclic) bond motifs is 1. The second-order valence-corrected chi connectivity index (χ2v) is 7.70. The quantitative estimate of drug-likeness (QED) is 0.413. The molecule has 4 rings (SSSR count). The predicted octanol–water partition coefficient (Wildman–Crippen LogP) is 4.64. The number of anilines is 1. The SMILES string of the molecule is CCOc1cc(-c2cc(NCCc3cc4cccnc4cc3F)ncn2)sc1C(=O)O. The van der Waals surface area contributed by atoms with Crippen molar-refractivity contribution in [1.82, 2.24) is 15.0 Å². The Morgan fingerprint density at radius 1 is 1.23 bits per heavy atom. The van der Waals surface area contributed by atoms with E-state index in [4.69, 9.17) is 4.74 Å². The Labute approximate surface area is 181 Å². The number of carboxylic acid groups (broad SMARTS) is 1. The smallest absolute Gasteiger partial charge is 0.349 e. The molecule has 0 saturated heterocycles. The average molecular weight is 438 g/mol. The van der Waals surface area contributed by atoms with Crippen LogP contribution in [0.2, 0.25) is 0 Å². The van der Waals surface area contributed by atoms with E-state index in [1.54, 1.807) is 31.3 Å². The molecule has 0 saturated carbocycles. The number of hydrogen-bond acceptors (Lipinski definition) is 7. The van der Waals surface area contributed by atoms with E-state index in [-0.39, 0.29) is 10.7 Å². The summed E-state index contributed by atoms with van der Waals surface area (Å²) in [5.41, 5.74) is 1.80. The number of carboxylic acids is 1. The van der Waals surface area contributed by atoms with Crippen LogP contribution in [0.25, 0.3) is 21.5 Å². The summed E-state index contributed by atoms with van der Waals surface area (Å²) in [6, 6.07) is 10.4. The molecule has 31 heavy (non-hydrogen) atoms. The second-order valence-electron chi connectivity index (χ2n) is 6.65. The van der Waals surface area contributed by atoms with Crippen LogP contribution in [0.15, 0.2) is 48.9 Å². The van der Waals surface area contributed by atoms with Gasteiger partial charge in [0.25, 0.3) is 0 Å². The van der Waals surface area contributed by atoms with E-state index in [1.165, 1.54) is 12.4 Å². The van der Waals surface area contributed by atoms with Gasteiger partial charge < -0.3 is 15.2 Å². The number of benzene rings is 1. The molecule has 3 heterocycles. The van der Waals surface area contributed by atoms with Crippen LogP contribution in [0.1, 0.15) is 22.2 Å². The summed E-state index contributed by atoms with van der Waals surface area (Å²) >= 11 is 1.10. The van der Waals surface area contributed by atoms with Crippen molar-refractivity contribution in [2.24, 2.45) is 0 Å². The molecule has 0 spiro atoms. The zero-order valence-corrected chi connectivity index (χ0v) is 17.4. The number of rotatable bonds is 8. The fourth-order valence-electron chi connectivity index (χ4n) is 3.16. The number of halogens is 1. The molecule has 0 atom stereocenters. The third kappa shape index (κ3) is 4.61. The first-order valence-electron chi connectivity index (χ1n) is 9.64. The zero-order chi connectivity index (χ0) is 21.8. The highest BCUT2D eigenvalue weighted by Gasteiger charge is 2.18. The number of hydrogen-bond donors (Lipinski definition) is 2. The lowest BCUT2D eigenvalue weighted by molar-refractivity contribution is 0.0698. The van der Waals surface area contributed by atoms with Crippen LogP contribution in [0.5, 0.6) is 5.75 Å². The van der Waals surface area contributed by atoms with Crippen molar-refractivity contribution in [1.29, 1.82) is 0 Å². The van der Waals surface area contributed by atoms with Crippen molar-refractivity contribution in [2.45, 2.75) is 13.3 Å². The van der Waals surface area contributed by atoms with Gasteiger partial charge in [-0.3, -0.25) is 4.98 Å². The standard InChI is InChI=1S/C22H19FN4O3S/c1-2-30-18-11-19(31-21(18)22(28)29)17-10-20(27-12-26-17)25-7-5-13-8-14-4-3-6-24-16(14)9-15(13)23/h3-4,6,8-12H,2,5,7H2,1H3,(H,28,29)(H,25,26,27). The third-order valence-corrected chi connectivity index (χ3v) is 5.71. The molecule has 9 heteroatoms. The van der Waals surface area contributed by atoms with Crippen LogP contribution in [-0.2, 0) is 6.42 Å². The molecule has 0 radical (unpaired) electrons. The molecule has 4 aromatic rings. The van der Waals surface area contributed by atoms with Gasteiger partial charge in [0, 0.05) is 36.3 Å². The van der Waals surface area contributed by atoms with Gasteiger partial charge in [0.1, 0.15) is 23.7 Å². The molecule has 0 aliphatic carbocycles. The summed E-state index contributed by atoms with van der Waals surface area (Å²) in [4.78, 5) is 24.8. The highest BCUT2D eigenvalue weighted by atomic mass is 32.1. The molecule has 2 N–H and O–H groups in total. The van der Waals surface area contributed by atoms with Crippen molar-refractivity contribution < 1.29 is 19.0 Å². The normalized spacial score (nSPS) is 10.9. The predicted molar refractivity (Wildman–Crippen MR) is 117 cm³/mol. The summed E-state index contributed by atoms with van der Waals surface area (Å²) in [6.45, 7) is 2.63. The Balaban J connectivity index is 1.48. The molecule has 0 amide bonds. The van der Waals surface area contributed by atoms with Crippen LogP contribution in [-0.4, -0.2) is 39.2 Å². The monoisotopic (exact) mass is 438 g/mol. The van der Waals surface area contributed by atoms with Gasteiger partial charge >= 0.3 is 5.97 Å². The molecule has 0 unspecified atom stereocenters. The van der Waals surface area contributed by atoms with Crippen LogP contribution >= 0.6 is 11.3 Å². The van der Waals surface area contributed by atoms with Gasteiger partial charge in [0.2, 0.25) is 0 Å². The lowest BCUT2D eigenvalue weighted by Gasteiger charge is -2.08. The fraction of sp³-hybridized carbons (Fsp3) is 0.182. The molecule has 0 aliphatic rings. The van der Waals surface area contributed by atoms with Crippen LogP contribution in [0, 0.1) is 5.82 Å². The summed E-state index contributed by atoms with van der Waals surface area (Å²) < 4.78 is 19.8. The highest BCUT2D eigenvalue weighted by molar-refractivity contribution is 7.17. The number of aromatic carboxylic acids is 1. The number of ether oxygens (including phenoxy) is 1. The minimum absolute atomic E-state index is 0.131. The van der Waals surface area contributed by atoms with E-state index < -0.39 is 5.97 Å². The molecule has 7 nitrogen and oxygen atoms in total. The van der Waals surface area contributed by atoms with Gasteiger partial charge in [-0.25, -0.2) is 19.2 Å². The van der Waals surface area contributed by atoms with E-state index in [2.05, 4.69) is 20.3 Å². The number of nitrogens with zero attached hydrogens (tertiary/aromatic N) is 3. The zero-order valence-electron chi connectivity index (χ0n) is 16.6. The van der Waals surface area contributed by atoms with E-state index in [0.717, 1.165) is 16.7 Å². The second kappa shape index (κ2) is 9.05. The van der Waals surface area contributed by atoms with E-state index in [9.17, 15) is 14.3 Å². The maximum Gasteiger partial charge on any atom is 0.349 e. The maximum atomic E-state index is 14.3. The van der Waals surface area contributed by atoms with Gasteiger partial charge in [0.05, 0.1) is 22.7 Å². The molecular weight excluding hydrogens is 419 g/mol. The molecule has 0 bridgehead atoms. The van der Waals surface area contributed by atoms with Crippen molar-refractivity contribution in [3.8, 4) is 16.3 Å². The van der Waals surface area contributed by atoms with E-state index >= 15 is 0 Å². The van der Waals surface area contributed by atoms with Crippen molar-refractivity contribution in [2.75, 3.05) is 18.5 Å². The first-order chi connectivity index (χ1) is 15.0. The summed E-state index contributed by atoms with van der Waals surface area (Å²) in [5, 5.41) is 13.4. The number of carbonyl (C=O) groups is 1. The lowest BCUT2D eigenvalue weighted by atomic mass is 10.1. The van der Waals surface area contributed by atoms with Gasteiger partial charge in [-0.2, -0.15) is 0 Å². The van der Waals surface area contributed by atoms with Gasteiger partial charge in [-0.05, 0) is 31.0 Å². The molecule has 0 aliphatic heterocycles. The maximum absolute atomic E-state index is 14.3. The third-order valence-electron chi connectivity index (χ3n) is 4.58. The number of pyridine rings is 1. The van der Waals surface area contributed by atoms with Gasteiger partial charge in [-0.15, -0.1) is 11.3 Å². The number of nitrogens with one attached hydrogen (secondary N) is 1. The summed E-state index contributed by atoms with van der Waals surface area (Å²) in [6.07, 6.45) is 3.51. The van der Waals surface area contributed by atoms with E-state index in [1.807, 2.05) is 12.1 Å². The van der Waals surface area contributed by atoms with Crippen LogP contribution in [0.4, 0.5) is 10.2 Å². The summed E-state index contributed by atoms with van der Waals surface area (Å²) in [5.74, 6) is -0.445. The highest BCUT2D eigenvalue weighted by Crippen LogP contribution is 2.36. The molecule has 1 aromatic carbocycles. The van der Waals surface area contributed by atoms with Crippen molar-refractivity contribution in [3.05, 3.63) is 65.2 Å². The minimum Gasteiger partial charge on any atom is -0.492 e. The number of aromatic nitrogens is 3. The van der Waals surface area contributed by atoms with Crippen LogP contribution < -0.4 is 10.1 Å². The largest absolute Gasteiger partial charge is 0.492 e. The molecule has 0 fully saturated rings. The Morgan fingerprint density at radius 2 is 2.10 bits per heavy atom. The van der Waals surface area contributed by atoms with Crippen molar-refractivity contribution in [3.63, 3.8) is 0 Å². The van der Waals surface area contributed by atoms with Gasteiger partial charge in [-0.1, -0.05) is 6.07 Å². The fourth-order valence-corrected chi connectivity index (χ4v) is 4.07. The molecule has 158 valence electrons. The first-order valence-corrected chi connectivity index (χ1v) is 10.5. The Hall–Kier alpha value is -3.59. The number of thiophene rings is 1. The molecular formula is C22H19FN4O3S. The Bertz CT molecular complexity index is 1240. The minimum atomic E-state index is -1.04. The van der Waals surface area contributed by atoms with Gasteiger partial charge in [0.15, 0.2) is 4.88 Å². The van der Waals surface area contributed by atoms with Crippen molar-refractivity contribution >= 4 is 34.0 Å². The Morgan fingerprint density at radius 3 is 2.90 bits per heavy atom.